The molecule has 0 heterocycles. The molecular formula is C12H21F7O3Si. The first-order chi connectivity index (χ1) is 10.4. The maximum Gasteiger partial charge on any atom is 0.500 e. The zero-order chi connectivity index (χ0) is 18.4. The van der Waals surface area contributed by atoms with Crippen molar-refractivity contribution in [3.8, 4) is 0 Å². The second kappa shape index (κ2) is 8.63. The van der Waals surface area contributed by atoms with Crippen molar-refractivity contribution >= 4 is 8.80 Å². The lowest BCUT2D eigenvalue weighted by atomic mass is 10.0. The lowest BCUT2D eigenvalue weighted by Crippen LogP contribution is -2.51. The van der Waals surface area contributed by atoms with Crippen molar-refractivity contribution in [2.24, 2.45) is 0 Å². The van der Waals surface area contributed by atoms with Crippen molar-refractivity contribution in [2.75, 3.05) is 21.3 Å². The van der Waals surface area contributed by atoms with Crippen LogP contribution < -0.4 is 0 Å². The third-order valence-electron chi connectivity index (χ3n) is 3.47. The Morgan fingerprint density at radius 1 is 0.696 bits per heavy atom. The third-order valence-corrected chi connectivity index (χ3v) is 6.30. The van der Waals surface area contributed by atoms with E-state index in [9.17, 15) is 30.7 Å². The summed E-state index contributed by atoms with van der Waals surface area (Å²) in [6.07, 6.45) is -7.33. The van der Waals surface area contributed by atoms with Crippen LogP contribution in [0.1, 0.15) is 32.1 Å². The Morgan fingerprint density at radius 3 is 1.52 bits per heavy atom. The predicted octanol–water partition coefficient (Wildman–Crippen LogP) is 4.65. The Labute approximate surface area is 131 Å². The molecule has 0 saturated carbocycles. The number of unbranched alkanes of at least 4 members (excludes halogenated alkanes) is 3. The zero-order valence-corrected chi connectivity index (χ0v) is 14.1. The Hall–Kier alpha value is -0.393. The van der Waals surface area contributed by atoms with Crippen LogP contribution in [-0.2, 0) is 13.3 Å². The second-order valence-corrected chi connectivity index (χ2v) is 8.08. The van der Waals surface area contributed by atoms with Crippen molar-refractivity contribution < 1.29 is 44.0 Å². The summed E-state index contributed by atoms with van der Waals surface area (Å²) in [5.74, 6) is -11.1. The predicted molar refractivity (Wildman–Crippen MR) is 70.6 cm³/mol. The largest absolute Gasteiger partial charge is 0.500 e. The second-order valence-electron chi connectivity index (χ2n) is 4.99. The highest BCUT2D eigenvalue weighted by atomic mass is 28.4. The van der Waals surface area contributed by atoms with E-state index in [0.29, 0.717) is 18.9 Å². The fraction of sp³-hybridized carbons (Fsp3) is 1.00. The average molecular weight is 374 g/mol. The van der Waals surface area contributed by atoms with Gasteiger partial charge in [0.25, 0.3) is 0 Å². The van der Waals surface area contributed by atoms with Gasteiger partial charge in [0.2, 0.25) is 0 Å². The molecule has 0 aliphatic rings. The van der Waals surface area contributed by atoms with E-state index >= 15 is 0 Å². The normalized spacial score (nSPS) is 14.3. The average Bonchev–Trinajstić information content (AvgIpc) is 2.46. The van der Waals surface area contributed by atoms with Gasteiger partial charge in [0.15, 0.2) is 0 Å². The summed E-state index contributed by atoms with van der Waals surface area (Å²) in [6, 6.07) is 0.394. The SMILES string of the molecule is CO[Si](CCCCCCC(F)(F)C(F)(F)C(F)(F)F)(OC)OC. The van der Waals surface area contributed by atoms with Gasteiger partial charge in [-0.25, -0.2) is 0 Å². The Balaban J connectivity index is 4.23. The van der Waals surface area contributed by atoms with Crippen molar-refractivity contribution in [3.05, 3.63) is 0 Å². The van der Waals surface area contributed by atoms with Crippen LogP contribution in [-0.4, -0.2) is 48.2 Å². The molecule has 140 valence electrons. The molecule has 0 aliphatic heterocycles. The number of alkyl halides is 7. The quantitative estimate of drug-likeness (QED) is 0.299. The van der Waals surface area contributed by atoms with Gasteiger partial charge in [0, 0.05) is 33.8 Å². The molecule has 23 heavy (non-hydrogen) atoms. The smallest absolute Gasteiger partial charge is 0.377 e. The third kappa shape index (κ3) is 5.87. The maximum atomic E-state index is 13.0. The molecule has 0 aromatic carbocycles. The summed E-state index contributed by atoms with van der Waals surface area (Å²) in [5, 5.41) is 0. The minimum Gasteiger partial charge on any atom is -0.377 e. The van der Waals surface area contributed by atoms with Gasteiger partial charge in [-0.05, 0) is 12.8 Å². The lowest BCUT2D eigenvalue weighted by molar-refractivity contribution is -0.355. The van der Waals surface area contributed by atoms with Gasteiger partial charge in [0.1, 0.15) is 0 Å². The Morgan fingerprint density at radius 2 is 1.13 bits per heavy atom. The van der Waals surface area contributed by atoms with Crippen LogP contribution in [0.2, 0.25) is 6.04 Å². The fourth-order valence-electron chi connectivity index (χ4n) is 1.96. The van der Waals surface area contributed by atoms with E-state index in [4.69, 9.17) is 13.3 Å². The van der Waals surface area contributed by atoms with Gasteiger partial charge >= 0.3 is 26.8 Å². The molecule has 0 amide bonds. The van der Waals surface area contributed by atoms with Gasteiger partial charge in [-0.1, -0.05) is 12.8 Å². The molecule has 0 aromatic heterocycles. The van der Waals surface area contributed by atoms with E-state index in [0.717, 1.165) is 0 Å². The highest BCUT2D eigenvalue weighted by molar-refractivity contribution is 6.60. The maximum absolute atomic E-state index is 13.0. The van der Waals surface area contributed by atoms with E-state index in [-0.39, 0.29) is 6.42 Å². The standard InChI is InChI=1S/C12H21F7O3Si/c1-20-23(21-2,22-3)9-7-5-4-6-8-10(13,14)11(15,16)12(17,18)19/h4-9H2,1-3H3. The molecule has 0 aliphatic carbocycles. The summed E-state index contributed by atoms with van der Waals surface area (Å²) in [6.45, 7) is 0. The molecule has 11 heteroatoms. The fourth-order valence-corrected chi connectivity index (χ4v) is 3.76. The van der Waals surface area contributed by atoms with Crippen molar-refractivity contribution in [2.45, 2.75) is 56.2 Å². The summed E-state index contributed by atoms with van der Waals surface area (Å²) in [5.41, 5.74) is 0. The summed E-state index contributed by atoms with van der Waals surface area (Å²) < 4.78 is 103. The molecule has 0 fully saturated rings. The minimum absolute atomic E-state index is 0.0884. The van der Waals surface area contributed by atoms with Crippen LogP contribution in [0.25, 0.3) is 0 Å². The topological polar surface area (TPSA) is 27.7 Å². The molecule has 0 N–H and O–H groups in total. The molecule has 0 saturated heterocycles. The molecule has 0 spiro atoms. The Kier molecular flexibility index (Phi) is 8.48. The first-order valence-electron chi connectivity index (χ1n) is 6.87. The van der Waals surface area contributed by atoms with Crippen LogP contribution in [0.3, 0.4) is 0 Å². The molecular weight excluding hydrogens is 353 g/mol. The van der Waals surface area contributed by atoms with E-state index in [1.165, 1.54) is 21.3 Å². The summed E-state index contributed by atoms with van der Waals surface area (Å²) in [4.78, 5) is 0. The van der Waals surface area contributed by atoms with Crippen molar-refractivity contribution in [1.29, 1.82) is 0 Å². The van der Waals surface area contributed by atoms with Gasteiger partial charge in [-0.2, -0.15) is 30.7 Å². The van der Waals surface area contributed by atoms with Gasteiger partial charge in [-0.3, -0.25) is 0 Å². The summed E-state index contributed by atoms with van der Waals surface area (Å²) >= 11 is 0. The number of rotatable bonds is 11. The number of halogens is 7. The highest BCUT2D eigenvalue weighted by Gasteiger charge is 2.72. The van der Waals surface area contributed by atoms with Gasteiger partial charge in [-0.15, -0.1) is 0 Å². The molecule has 0 rings (SSSR count). The van der Waals surface area contributed by atoms with E-state index in [2.05, 4.69) is 0 Å². The molecule has 0 radical (unpaired) electrons. The molecule has 0 aromatic rings. The highest BCUT2D eigenvalue weighted by Crippen LogP contribution is 2.48. The van der Waals surface area contributed by atoms with Gasteiger partial charge < -0.3 is 13.3 Å². The first-order valence-corrected chi connectivity index (χ1v) is 8.80. The van der Waals surface area contributed by atoms with Crippen LogP contribution >= 0.6 is 0 Å². The molecule has 0 atom stereocenters. The molecule has 0 bridgehead atoms. The van der Waals surface area contributed by atoms with Crippen LogP contribution in [0.5, 0.6) is 0 Å². The summed E-state index contributed by atoms with van der Waals surface area (Å²) in [7, 11) is 1.42. The van der Waals surface area contributed by atoms with Crippen LogP contribution in [0, 0.1) is 0 Å². The van der Waals surface area contributed by atoms with E-state index in [1.54, 1.807) is 0 Å². The van der Waals surface area contributed by atoms with Crippen molar-refractivity contribution in [1.82, 2.24) is 0 Å². The number of hydrogen-bond donors (Lipinski definition) is 0. The van der Waals surface area contributed by atoms with E-state index in [1.807, 2.05) is 0 Å². The molecule has 3 nitrogen and oxygen atoms in total. The zero-order valence-electron chi connectivity index (χ0n) is 13.1. The van der Waals surface area contributed by atoms with E-state index < -0.39 is 39.7 Å². The Bertz CT molecular complexity index is 338. The van der Waals surface area contributed by atoms with Crippen molar-refractivity contribution in [3.63, 3.8) is 0 Å². The first kappa shape index (κ1) is 22.6. The molecule has 0 unspecified atom stereocenters. The monoisotopic (exact) mass is 374 g/mol. The van der Waals surface area contributed by atoms with Crippen LogP contribution in [0.4, 0.5) is 30.7 Å². The number of hydrogen-bond acceptors (Lipinski definition) is 3. The lowest BCUT2D eigenvalue weighted by Gasteiger charge is -2.28. The van der Waals surface area contributed by atoms with Crippen LogP contribution in [0.15, 0.2) is 0 Å². The van der Waals surface area contributed by atoms with Gasteiger partial charge in [0.05, 0.1) is 0 Å². The minimum atomic E-state index is -6.27.